The van der Waals surface area contributed by atoms with Crippen molar-refractivity contribution in [1.29, 1.82) is 0 Å². The first-order valence-electron chi connectivity index (χ1n) is 11.4. The molecule has 0 aliphatic carbocycles. The summed E-state index contributed by atoms with van der Waals surface area (Å²) in [5.41, 5.74) is 2.41. The number of likely N-dealkylation sites (N-methyl/N-ethyl adjacent to an activating group) is 2. The van der Waals surface area contributed by atoms with Gasteiger partial charge in [0.15, 0.2) is 0 Å². The van der Waals surface area contributed by atoms with Gasteiger partial charge in [-0.15, -0.1) is 0 Å². The zero-order valence-corrected chi connectivity index (χ0v) is 20.7. The topological polar surface area (TPSA) is 111 Å². The molecule has 184 valence electrons. The van der Waals surface area contributed by atoms with E-state index in [2.05, 4.69) is 27.2 Å². The number of carbonyl (C=O) groups excluding carboxylic acids is 2. The van der Waals surface area contributed by atoms with E-state index in [-0.39, 0.29) is 23.3 Å². The minimum atomic E-state index is -3.87. The fourth-order valence-corrected chi connectivity index (χ4v) is 4.91. The number of anilines is 2. The predicted molar refractivity (Wildman–Crippen MR) is 134 cm³/mol. The molecule has 3 N–H and O–H groups in total. The SMILES string of the molecule is CCCc1ccc(S(=O)(=O)Nc2cc(C(=O)N(C)CC(=O)NC)ccc2N2CCNCC2)cc1. The number of sulfonamides is 1. The summed E-state index contributed by atoms with van der Waals surface area (Å²) >= 11 is 0. The highest BCUT2D eigenvalue weighted by atomic mass is 32.2. The second-order valence-corrected chi connectivity index (χ2v) is 9.99. The van der Waals surface area contributed by atoms with Gasteiger partial charge in [0.25, 0.3) is 15.9 Å². The zero-order chi connectivity index (χ0) is 24.7. The molecule has 0 saturated carbocycles. The van der Waals surface area contributed by atoms with Crippen LogP contribution in [0.1, 0.15) is 29.3 Å². The smallest absolute Gasteiger partial charge is 0.261 e. The van der Waals surface area contributed by atoms with E-state index in [4.69, 9.17) is 0 Å². The van der Waals surface area contributed by atoms with Gasteiger partial charge in [-0.1, -0.05) is 25.5 Å². The summed E-state index contributed by atoms with van der Waals surface area (Å²) in [5, 5.41) is 5.77. The minimum absolute atomic E-state index is 0.0972. The lowest BCUT2D eigenvalue weighted by atomic mass is 10.1. The molecule has 1 aliphatic heterocycles. The molecule has 2 amide bonds. The van der Waals surface area contributed by atoms with Crippen LogP contribution in [-0.4, -0.2) is 72.0 Å². The molecule has 1 heterocycles. The van der Waals surface area contributed by atoms with E-state index >= 15 is 0 Å². The molecule has 3 rings (SSSR count). The third-order valence-corrected chi connectivity index (χ3v) is 7.11. The number of nitrogens with zero attached hydrogens (tertiary/aromatic N) is 2. The number of hydrogen-bond donors (Lipinski definition) is 3. The summed E-state index contributed by atoms with van der Waals surface area (Å²) in [6.07, 6.45) is 1.86. The fraction of sp³-hybridized carbons (Fsp3) is 0.417. The van der Waals surface area contributed by atoms with Crippen LogP contribution >= 0.6 is 0 Å². The van der Waals surface area contributed by atoms with Gasteiger partial charge in [-0.2, -0.15) is 0 Å². The molecule has 0 aromatic heterocycles. The summed E-state index contributed by atoms with van der Waals surface area (Å²) in [5.74, 6) is -0.666. The van der Waals surface area contributed by atoms with Crippen LogP contribution in [0, 0.1) is 0 Å². The van der Waals surface area contributed by atoms with E-state index in [1.165, 1.54) is 19.0 Å². The average Bonchev–Trinajstić information content (AvgIpc) is 2.84. The zero-order valence-electron chi connectivity index (χ0n) is 19.9. The fourth-order valence-electron chi connectivity index (χ4n) is 3.85. The molecule has 2 aromatic rings. The summed E-state index contributed by atoms with van der Waals surface area (Å²) in [7, 11) is -0.837. The summed E-state index contributed by atoms with van der Waals surface area (Å²) in [4.78, 5) is 28.1. The monoisotopic (exact) mass is 487 g/mol. The predicted octanol–water partition coefficient (Wildman–Crippen LogP) is 1.67. The molecule has 1 aliphatic rings. The van der Waals surface area contributed by atoms with Crippen molar-refractivity contribution in [3.05, 3.63) is 53.6 Å². The number of aryl methyl sites for hydroxylation is 1. The normalized spacial score (nSPS) is 13.9. The van der Waals surface area contributed by atoms with E-state index in [0.717, 1.165) is 31.5 Å². The molecule has 1 saturated heterocycles. The van der Waals surface area contributed by atoms with Crippen molar-refractivity contribution < 1.29 is 18.0 Å². The molecule has 34 heavy (non-hydrogen) atoms. The lowest BCUT2D eigenvalue weighted by Crippen LogP contribution is -2.44. The largest absolute Gasteiger partial charge is 0.367 e. The van der Waals surface area contributed by atoms with Crippen LogP contribution < -0.4 is 20.3 Å². The lowest BCUT2D eigenvalue weighted by molar-refractivity contribution is -0.121. The minimum Gasteiger partial charge on any atom is -0.367 e. The molecule has 10 heteroatoms. The van der Waals surface area contributed by atoms with E-state index in [0.29, 0.717) is 30.0 Å². The first-order valence-corrected chi connectivity index (χ1v) is 12.9. The van der Waals surface area contributed by atoms with Crippen LogP contribution in [0.5, 0.6) is 0 Å². The van der Waals surface area contributed by atoms with Gasteiger partial charge in [-0.3, -0.25) is 14.3 Å². The Hall–Kier alpha value is -3.11. The highest BCUT2D eigenvalue weighted by molar-refractivity contribution is 7.92. The summed E-state index contributed by atoms with van der Waals surface area (Å²) in [6, 6.07) is 11.8. The van der Waals surface area contributed by atoms with Gasteiger partial charge in [-0.05, 0) is 42.3 Å². The van der Waals surface area contributed by atoms with Gasteiger partial charge < -0.3 is 20.4 Å². The third-order valence-electron chi connectivity index (χ3n) is 5.72. The van der Waals surface area contributed by atoms with Crippen molar-refractivity contribution in [2.75, 3.05) is 56.4 Å². The van der Waals surface area contributed by atoms with Crippen molar-refractivity contribution in [3.63, 3.8) is 0 Å². The molecule has 1 fully saturated rings. The van der Waals surface area contributed by atoms with Crippen molar-refractivity contribution >= 4 is 33.2 Å². The molecular weight excluding hydrogens is 454 g/mol. The number of benzene rings is 2. The van der Waals surface area contributed by atoms with E-state index in [1.54, 1.807) is 30.3 Å². The van der Waals surface area contributed by atoms with Crippen LogP contribution in [0.15, 0.2) is 47.4 Å². The van der Waals surface area contributed by atoms with Crippen molar-refractivity contribution in [1.82, 2.24) is 15.5 Å². The molecule has 9 nitrogen and oxygen atoms in total. The molecule has 0 unspecified atom stereocenters. The van der Waals surface area contributed by atoms with Crippen LogP contribution in [0.4, 0.5) is 11.4 Å². The van der Waals surface area contributed by atoms with Crippen LogP contribution in [0.3, 0.4) is 0 Å². The Balaban J connectivity index is 1.94. The van der Waals surface area contributed by atoms with Crippen LogP contribution in [0.2, 0.25) is 0 Å². The second-order valence-electron chi connectivity index (χ2n) is 8.30. The van der Waals surface area contributed by atoms with Crippen molar-refractivity contribution in [3.8, 4) is 0 Å². The number of carbonyl (C=O) groups is 2. The number of amides is 2. The van der Waals surface area contributed by atoms with Gasteiger partial charge in [-0.25, -0.2) is 8.42 Å². The van der Waals surface area contributed by atoms with Crippen molar-refractivity contribution in [2.24, 2.45) is 0 Å². The Labute approximate surface area is 201 Å². The Morgan fingerprint density at radius 2 is 1.76 bits per heavy atom. The molecule has 0 radical (unpaired) electrons. The van der Waals surface area contributed by atoms with Crippen LogP contribution in [0.25, 0.3) is 0 Å². The first kappa shape index (κ1) is 25.5. The van der Waals surface area contributed by atoms with E-state index < -0.39 is 10.0 Å². The van der Waals surface area contributed by atoms with Gasteiger partial charge in [0, 0.05) is 45.8 Å². The quantitative estimate of drug-likeness (QED) is 0.496. The van der Waals surface area contributed by atoms with Gasteiger partial charge in [0.2, 0.25) is 5.91 Å². The maximum Gasteiger partial charge on any atom is 0.261 e. The summed E-state index contributed by atoms with van der Waals surface area (Å²) in [6.45, 7) is 4.96. The molecular formula is C24H33N5O4S. The maximum absolute atomic E-state index is 13.2. The van der Waals surface area contributed by atoms with Crippen molar-refractivity contribution in [2.45, 2.75) is 24.7 Å². The Morgan fingerprint density at radius 3 is 2.38 bits per heavy atom. The van der Waals surface area contributed by atoms with Gasteiger partial charge >= 0.3 is 0 Å². The maximum atomic E-state index is 13.2. The first-order chi connectivity index (χ1) is 16.2. The molecule has 0 atom stereocenters. The van der Waals surface area contributed by atoms with Crippen LogP contribution in [-0.2, 0) is 21.2 Å². The summed E-state index contributed by atoms with van der Waals surface area (Å²) < 4.78 is 29.1. The molecule has 0 spiro atoms. The number of rotatable bonds is 9. The molecule has 0 bridgehead atoms. The standard InChI is InChI=1S/C24H33N5O4S/c1-4-5-18-6-9-20(10-7-18)34(32,33)27-21-16-19(24(31)28(3)17-23(30)25-2)8-11-22(21)29-14-12-26-13-15-29/h6-11,16,26-27H,4-5,12-15,17H2,1-3H3,(H,25,30). The Kier molecular flexibility index (Phi) is 8.51. The number of hydrogen-bond acceptors (Lipinski definition) is 6. The Bertz CT molecular complexity index is 1110. The average molecular weight is 488 g/mol. The van der Waals surface area contributed by atoms with Gasteiger partial charge in [0.1, 0.15) is 0 Å². The van der Waals surface area contributed by atoms with E-state index in [9.17, 15) is 18.0 Å². The van der Waals surface area contributed by atoms with E-state index in [1.807, 2.05) is 12.1 Å². The number of piperazine rings is 1. The highest BCUT2D eigenvalue weighted by Crippen LogP contribution is 2.30. The number of nitrogens with one attached hydrogen (secondary N) is 3. The third kappa shape index (κ3) is 6.27. The molecule has 2 aromatic carbocycles. The lowest BCUT2D eigenvalue weighted by Gasteiger charge is -2.31. The van der Waals surface area contributed by atoms with Gasteiger partial charge in [0.05, 0.1) is 22.8 Å². The highest BCUT2D eigenvalue weighted by Gasteiger charge is 2.23. The Morgan fingerprint density at radius 1 is 1.09 bits per heavy atom. The second kappa shape index (κ2) is 11.3.